The standard InChI is InChI=1S/C13H17N3O2/c1-16(10-13(15)17)7-4-8-18-12-6-3-2-5-11(12)9-14/h2-3,5-6H,4,7-8,10H2,1H3,(H2,15,17). The molecule has 0 aromatic heterocycles. The van der Waals surface area contributed by atoms with Gasteiger partial charge in [0.25, 0.3) is 0 Å². The summed E-state index contributed by atoms with van der Waals surface area (Å²) in [6, 6.07) is 9.19. The fraction of sp³-hybridized carbons (Fsp3) is 0.385. The highest BCUT2D eigenvalue weighted by Crippen LogP contribution is 2.16. The molecule has 0 aliphatic heterocycles. The molecule has 1 aromatic rings. The van der Waals surface area contributed by atoms with Crippen molar-refractivity contribution in [2.75, 3.05) is 26.7 Å². The number of primary amides is 1. The number of hydrogen-bond acceptors (Lipinski definition) is 4. The summed E-state index contributed by atoms with van der Waals surface area (Å²) in [4.78, 5) is 12.5. The predicted molar refractivity (Wildman–Crippen MR) is 68.0 cm³/mol. The van der Waals surface area contributed by atoms with Crippen molar-refractivity contribution in [1.29, 1.82) is 5.26 Å². The SMILES string of the molecule is CN(CCCOc1ccccc1C#N)CC(N)=O. The predicted octanol–water partition coefficient (Wildman–Crippen LogP) is 0.744. The summed E-state index contributed by atoms with van der Waals surface area (Å²) in [6.07, 6.45) is 0.767. The van der Waals surface area contributed by atoms with E-state index in [1.807, 2.05) is 18.0 Å². The van der Waals surface area contributed by atoms with Gasteiger partial charge in [0.2, 0.25) is 5.91 Å². The molecule has 1 rings (SSSR count). The molecule has 0 atom stereocenters. The molecule has 0 saturated carbocycles. The molecule has 0 spiro atoms. The second kappa shape index (κ2) is 7.30. The summed E-state index contributed by atoms with van der Waals surface area (Å²) in [5.41, 5.74) is 5.61. The largest absolute Gasteiger partial charge is 0.492 e. The molecule has 0 saturated heterocycles. The number of carbonyl (C=O) groups is 1. The second-order valence-electron chi connectivity index (χ2n) is 4.01. The van der Waals surface area contributed by atoms with E-state index in [1.54, 1.807) is 18.2 Å². The number of likely N-dealkylation sites (N-methyl/N-ethyl adjacent to an activating group) is 1. The van der Waals surface area contributed by atoms with Crippen LogP contribution in [-0.2, 0) is 4.79 Å². The minimum Gasteiger partial charge on any atom is -0.492 e. The zero-order chi connectivity index (χ0) is 13.4. The van der Waals surface area contributed by atoms with Gasteiger partial charge < -0.3 is 10.5 Å². The number of para-hydroxylation sites is 1. The lowest BCUT2D eigenvalue weighted by atomic mass is 10.2. The van der Waals surface area contributed by atoms with E-state index in [4.69, 9.17) is 15.7 Å². The monoisotopic (exact) mass is 247 g/mol. The van der Waals surface area contributed by atoms with Crippen LogP contribution < -0.4 is 10.5 Å². The Morgan fingerprint density at radius 2 is 2.22 bits per heavy atom. The number of ether oxygens (including phenoxy) is 1. The minimum absolute atomic E-state index is 0.245. The third-order valence-corrected chi connectivity index (χ3v) is 2.38. The lowest BCUT2D eigenvalue weighted by Crippen LogP contribution is -2.31. The summed E-state index contributed by atoms with van der Waals surface area (Å²) in [5.74, 6) is 0.255. The molecule has 0 fully saturated rings. The highest BCUT2D eigenvalue weighted by Gasteiger charge is 2.04. The third kappa shape index (κ3) is 4.85. The van der Waals surface area contributed by atoms with Crippen molar-refractivity contribution in [3.63, 3.8) is 0 Å². The van der Waals surface area contributed by atoms with E-state index in [-0.39, 0.29) is 12.5 Å². The topological polar surface area (TPSA) is 79.3 Å². The molecule has 0 aliphatic rings. The molecule has 96 valence electrons. The lowest BCUT2D eigenvalue weighted by molar-refractivity contribution is -0.118. The van der Waals surface area contributed by atoms with E-state index in [0.29, 0.717) is 17.9 Å². The first-order valence-corrected chi connectivity index (χ1v) is 5.72. The Bertz CT molecular complexity index is 440. The number of nitriles is 1. The maximum Gasteiger partial charge on any atom is 0.231 e. The Hall–Kier alpha value is -2.06. The summed E-state index contributed by atoms with van der Waals surface area (Å²) in [6.45, 7) is 1.47. The molecule has 0 aliphatic carbocycles. The first-order valence-electron chi connectivity index (χ1n) is 5.72. The van der Waals surface area contributed by atoms with Gasteiger partial charge in [-0.2, -0.15) is 5.26 Å². The molecule has 5 nitrogen and oxygen atoms in total. The first kappa shape index (κ1) is 14.0. The third-order valence-electron chi connectivity index (χ3n) is 2.38. The number of rotatable bonds is 7. The van der Waals surface area contributed by atoms with Crippen molar-refractivity contribution in [3.8, 4) is 11.8 Å². The van der Waals surface area contributed by atoms with Crippen molar-refractivity contribution < 1.29 is 9.53 Å². The first-order chi connectivity index (χ1) is 8.63. The van der Waals surface area contributed by atoms with Crippen molar-refractivity contribution in [3.05, 3.63) is 29.8 Å². The Balaban J connectivity index is 2.30. The molecule has 1 aromatic carbocycles. The van der Waals surface area contributed by atoms with Gasteiger partial charge >= 0.3 is 0 Å². The summed E-state index contributed by atoms with van der Waals surface area (Å²) in [5, 5.41) is 8.87. The average Bonchev–Trinajstić information content (AvgIpc) is 2.34. The summed E-state index contributed by atoms with van der Waals surface area (Å²) in [7, 11) is 1.83. The second-order valence-corrected chi connectivity index (χ2v) is 4.01. The average molecular weight is 247 g/mol. The van der Waals surface area contributed by atoms with Crippen LogP contribution in [0.5, 0.6) is 5.75 Å². The minimum atomic E-state index is -0.340. The summed E-state index contributed by atoms with van der Waals surface area (Å²) >= 11 is 0. The number of hydrogen-bond donors (Lipinski definition) is 1. The lowest BCUT2D eigenvalue weighted by Gasteiger charge is -2.14. The van der Waals surface area contributed by atoms with Crippen LogP contribution in [0.3, 0.4) is 0 Å². The molecule has 0 heterocycles. The molecule has 1 amide bonds. The maximum absolute atomic E-state index is 10.7. The van der Waals surface area contributed by atoms with Gasteiger partial charge in [0.05, 0.1) is 18.7 Å². The van der Waals surface area contributed by atoms with Gasteiger partial charge in [0, 0.05) is 6.54 Å². The zero-order valence-corrected chi connectivity index (χ0v) is 10.4. The normalized spacial score (nSPS) is 10.1. The number of carbonyl (C=O) groups excluding carboxylic acids is 1. The fourth-order valence-corrected chi connectivity index (χ4v) is 1.55. The van der Waals surface area contributed by atoms with Gasteiger partial charge in [0.1, 0.15) is 11.8 Å². The van der Waals surface area contributed by atoms with E-state index in [0.717, 1.165) is 13.0 Å². The van der Waals surface area contributed by atoms with E-state index in [2.05, 4.69) is 6.07 Å². The van der Waals surface area contributed by atoms with Crippen LogP contribution in [0.2, 0.25) is 0 Å². The van der Waals surface area contributed by atoms with Gasteiger partial charge in [-0.25, -0.2) is 0 Å². The Morgan fingerprint density at radius 1 is 1.50 bits per heavy atom. The fourth-order valence-electron chi connectivity index (χ4n) is 1.55. The number of nitrogens with two attached hydrogens (primary N) is 1. The molecular weight excluding hydrogens is 230 g/mol. The number of amides is 1. The number of nitrogens with zero attached hydrogens (tertiary/aromatic N) is 2. The number of benzene rings is 1. The zero-order valence-electron chi connectivity index (χ0n) is 10.4. The van der Waals surface area contributed by atoms with E-state index in [9.17, 15) is 4.79 Å². The van der Waals surface area contributed by atoms with Crippen molar-refractivity contribution in [2.24, 2.45) is 5.73 Å². The molecule has 5 heteroatoms. The Labute approximate surface area is 107 Å². The summed E-state index contributed by atoms with van der Waals surface area (Å²) < 4.78 is 5.52. The van der Waals surface area contributed by atoms with Crippen LogP contribution in [0.15, 0.2) is 24.3 Å². The molecular formula is C13H17N3O2. The van der Waals surface area contributed by atoms with E-state index >= 15 is 0 Å². The van der Waals surface area contributed by atoms with Crippen molar-refractivity contribution in [1.82, 2.24) is 4.90 Å². The van der Waals surface area contributed by atoms with E-state index in [1.165, 1.54) is 0 Å². The quantitative estimate of drug-likeness (QED) is 0.721. The van der Waals surface area contributed by atoms with E-state index < -0.39 is 0 Å². The van der Waals surface area contributed by atoms with Gasteiger partial charge in [-0.3, -0.25) is 9.69 Å². The van der Waals surface area contributed by atoms with Crippen LogP contribution >= 0.6 is 0 Å². The smallest absolute Gasteiger partial charge is 0.231 e. The molecule has 0 radical (unpaired) electrons. The van der Waals surface area contributed by atoms with Crippen LogP contribution in [0.1, 0.15) is 12.0 Å². The molecule has 0 bridgehead atoms. The van der Waals surface area contributed by atoms with Crippen molar-refractivity contribution >= 4 is 5.91 Å². The van der Waals surface area contributed by atoms with Gasteiger partial charge in [0.15, 0.2) is 0 Å². The van der Waals surface area contributed by atoms with Crippen LogP contribution in [0, 0.1) is 11.3 Å². The highest BCUT2D eigenvalue weighted by molar-refractivity contribution is 5.75. The Morgan fingerprint density at radius 3 is 2.89 bits per heavy atom. The van der Waals surface area contributed by atoms with Gasteiger partial charge in [-0.05, 0) is 25.6 Å². The van der Waals surface area contributed by atoms with Crippen LogP contribution in [0.4, 0.5) is 0 Å². The molecule has 0 unspecified atom stereocenters. The maximum atomic E-state index is 10.7. The van der Waals surface area contributed by atoms with Crippen LogP contribution in [0.25, 0.3) is 0 Å². The van der Waals surface area contributed by atoms with Gasteiger partial charge in [-0.15, -0.1) is 0 Å². The molecule has 18 heavy (non-hydrogen) atoms. The molecule has 2 N–H and O–H groups in total. The van der Waals surface area contributed by atoms with Crippen LogP contribution in [-0.4, -0.2) is 37.6 Å². The van der Waals surface area contributed by atoms with Gasteiger partial charge in [-0.1, -0.05) is 12.1 Å². The Kier molecular flexibility index (Phi) is 5.68. The highest BCUT2D eigenvalue weighted by atomic mass is 16.5. The van der Waals surface area contributed by atoms with Crippen molar-refractivity contribution in [2.45, 2.75) is 6.42 Å².